The molecule has 1 heterocycles. The van der Waals surface area contributed by atoms with E-state index >= 15 is 0 Å². The first-order chi connectivity index (χ1) is 18.8. The molecule has 1 aromatic heterocycles. The van der Waals surface area contributed by atoms with Crippen molar-refractivity contribution < 1.29 is 14.3 Å². The van der Waals surface area contributed by atoms with Gasteiger partial charge in [-0.05, 0) is 126 Å². The van der Waals surface area contributed by atoms with Crippen LogP contribution in [0.3, 0.4) is 0 Å². The molecule has 216 valence electrons. The highest BCUT2D eigenvalue weighted by Gasteiger charge is 2.69. The second kappa shape index (κ2) is 9.13. The highest BCUT2D eigenvalue weighted by atomic mass is 16.5. The summed E-state index contributed by atoms with van der Waals surface area (Å²) in [6, 6.07) is 4.00. The van der Waals surface area contributed by atoms with Gasteiger partial charge in [-0.15, -0.1) is 0 Å². The van der Waals surface area contributed by atoms with Gasteiger partial charge < -0.3 is 4.74 Å². The predicted octanol–water partition coefficient (Wildman–Crippen LogP) is 8.08. The van der Waals surface area contributed by atoms with Crippen molar-refractivity contribution in [2.75, 3.05) is 7.11 Å². The SMILES string of the molecule is COC(=O)[C@]12CCC(C)(C)CC1C1C=CC3[C@@]4(C)C/C(=C/c5ccncc5)C(=O)[C@H](C)C4CC[C@@]3(C)[C@]1(C)CC2. The molecule has 4 heteroatoms. The number of carbonyl (C=O) groups excluding carboxylic acids is 2. The van der Waals surface area contributed by atoms with E-state index in [2.05, 4.69) is 64.8 Å². The maximum Gasteiger partial charge on any atom is 0.312 e. The number of ketones is 1. The van der Waals surface area contributed by atoms with Crippen LogP contribution in [0.5, 0.6) is 0 Å². The van der Waals surface area contributed by atoms with Crippen molar-refractivity contribution >= 4 is 17.8 Å². The zero-order valence-electron chi connectivity index (χ0n) is 25.8. The molecular formula is C36H49NO3. The molecule has 0 N–H and O–H groups in total. The number of rotatable bonds is 2. The second-order valence-corrected chi connectivity index (χ2v) is 15.8. The molecule has 0 saturated heterocycles. The van der Waals surface area contributed by atoms with Crippen molar-refractivity contribution in [2.24, 2.45) is 56.7 Å². The van der Waals surface area contributed by atoms with Gasteiger partial charge in [-0.2, -0.15) is 0 Å². The summed E-state index contributed by atoms with van der Waals surface area (Å²) in [4.78, 5) is 31.3. The summed E-state index contributed by atoms with van der Waals surface area (Å²) < 4.78 is 5.53. The first-order valence-corrected chi connectivity index (χ1v) is 15.7. The maximum atomic E-state index is 13.7. The second-order valence-electron chi connectivity index (χ2n) is 15.8. The highest BCUT2D eigenvalue weighted by Crippen LogP contribution is 2.74. The van der Waals surface area contributed by atoms with E-state index in [0.29, 0.717) is 29.5 Å². The number of nitrogens with zero attached hydrogens (tertiary/aromatic N) is 1. The van der Waals surface area contributed by atoms with Crippen molar-refractivity contribution in [1.29, 1.82) is 0 Å². The molecule has 0 bridgehead atoms. The number of fused-ring (bicyclic) bond motifs is 7. The Kier molecular flexibility index (Phi) is 6.37. The number of ether oxygens (including phenoxy) is 1. The van der Waals surface area contributed by atoms with Crippen LogP contribution in [0.1, 0.15) is 98.5 Å². The third-order valence-electron chi connectivity index (χ3n) is 13.6. The Morgan fingerprint density at radius 3 is 2.35 bits per heavy atom. The van der Waals surface area contributed by atoms with Crippen LogP contribution in [0.25, 0.3) is 6.08 Å². The van der Waals surface area contributed by atoms with Gasteiger partial charge in [0.15, 0.2) is 5.78 Å². The zero-order chi connectivity index (χ0) is 28.7. The smallest absolute Gasteiger partial charge is 0.312 e. The number of methoxy groups -OCH3 is 1. The molecule has 0 aliphatic heterocycles. The molecule has 5 aliphatic carbocycles. The molecule has 1 aromatic rings. The number of Topliss-reactive ketones (excluding diaryl/α,β-unsaturated/α-hetero) is 1. The Morgan fingerprint density at radius 2 is 1.65 bits per heavy atom. The van der Waals surface area contributed by atoms with Crippen molar-refractivity contribution in [3.63, 3.8) is 0 Å². The quantitative estimate of drug-likeness (QED) is 0.215. The summed E-state index contributed by atoms with van der Waals surface area (Å²) in [5, 5.41) is 0. The monoisotopic (exact) mass is 543 g/mol. The van der Waals surface area contributed by atoms with E-state index in [0.717, 1.165) is 62.5 Å². The topological polar surface area (TPSA) is 56.3 Å². The number of hydrogen-bond donors (Lipinski definition) is 0. The first-order valence-electron chi connectivity index (χ1n) is 15.7. The van der Waals surface area contributed by atoms with Crippen LogP contribution in [-0.2, 0) is 14.3 Å². The number of carbonyl (C=O) groups is 2. The lowest BCUT2D eigenvalue weighted by Gasteiger charge is -2.70. The van der Waals surface area contributed by atoms with Gasteiger partial charge in [-0.3, -0.25) is 14.6 Å². The Balaban J connectivity index is 1.43. The lowest BCUT2D eigenvalue weighted by molar-refractivity contribution is -0.204. The molecule has 0 radical (unpaired) electrons. The normalized spacial score (nSPS) is 46.5. The molecular weight excluding hydrogens is 494 g/mol. The average molecular weight is 544 g/mol. The van der Waals surface area contributed by atoms with Crippen molar-refractivity contribution in [3.05, 3.63) is 47.8 Å². The third kappa shape index (κ3) is 3.72. The van der Waals surface area contributed by atoms with Crippen LogP contribution in [0.15, 0.2) is 42.3 Å². The van der Waals surface area contributed by atoms with Crippen molar-refractivity contribution in [3.8, 4) is 0 Å². The summed E-state index contributed by atoms with van der Waals surface area (Å²) in [7, 11) is 1.58. The van der Waals surface area contributed by atoms with E-state index in [4.69, 9.17) is 4.74 Å². The number of esters is 1. The fraction of sp³-hybridized carbons (Fsp3) is 0.694. The summed E-state index contributed by atoms with van der Waals surface area (Å²) in [5.41, 5.74) is 2.16. The van der Waals surface area contributed by atoms with E-state index in [-0.39, 0.29) is 39.0 Å². The molecule has 0 spiro atoms. The zero-order valence-corrected chi connectivity index (χ0v) is 25.8. The molecule has 9 atom stereocenters. The van der Waals surface area contributed by atoms with E-state index < -0.39 is 0 Å². The molecule has 5 aliphatic rings. The van der Waals surface area contributed by atoms with Gasteiger partial charge in [0, 0.05) is 18.3 Å². The molecule has 4 nitrogen and oxygen atoms in total. The maximum absolute atomic E-state index is 13.7. The lowest BCUT2D eigenvalue weighted by Crippen LogP contribution is -2.65. The Hall–Kier alpha value is -2.23. The Bertz CT molecular complexity index is 1260. The van der Waals surface area contributed by atoms with Gasteiger partial charge in [0.1, 0.15) is 0 Å². The molecule has 4 fully saturated rings. The van der Waals surface area contributed by atoms with Crippen LogP contribution in [-0.4, -0.2) is 23.8 Å². The molecule has 0 aromatic carbocycles. The minimum atomic E-state index is -0.352. The summed E-state index contributed by atoms with van der Waals surface area (Å²) in [6.07, 6.45) is 19.1. The van der Waals surface area contributed by atoms with Crippen LogP contribution in [0.4, 0.5) is 0 Å². The molecule has 40 heavy (non-hydrogen) atoms. The number of allylic oxidation sites excluding steroid dienone is 3. The minimum Gasteiger partial charge on any atom is -0.469 e. The highest BCUT2D eigenvalue weighted by molar-refractivity contribution is 6.02. The van der Waals surface area contributed by atoms with Gasteiger partial charge in [0.05, 0.1) is 12.5 Å². The Labute approximate surface area is 241 Å². The fourth-order valence-electron chi connectivity index (χ4n) is 11.1. The number of hydrogen-bond acceptors (Lipinski definition) is 4. The Morgan fingerprint density at radius 1 is 0.950 bits per heavy atom. The minimum absolute atomic E-state index is 0.0202. The van der Waals surface area contributed by atoms with Crippen molar-refractivity contribution in [2.45, 2.75) is 92.9 Å². The number of aromatic nitrogens is 1. The van der Waals surface area contributed by atoms with Crippen molar-refractivity contribution in [1.82, 2.24) is 4.98 Å². The van der Waals surface area contributed by atoms with Gasteiger partial charge in [0.25, 0.3) is 0 Å². The number of pyridine rings is 1. The molecule has 4 unspecified atom stereocenters. The van der Waals surface area contributed by atoms with Crippen LogP contribution in [0.2, 0.25) is 0 Å². The largest absolute Gasteiger partial charge is 0.469 e. The van der Waals surface area contributed by atoms with E-state index in [1.165, 1.54) is 0 Å². The van der Waals surface area contributed by atoms with Crippen LogP contribution >= 0.6 is 0 Å². The first kappa shape index (κ1) is 27.9. The van der Waals surface area contributed by atoms with Gasteiger partial charge in [-0.1, -0.05) is 53.7 Å². The average Bonchev–Trinajstić information content (AvgIpc) is 2.92. The summed E-state index contributed by atoms with van der Waals surface area (Å²) in [5.74, 6) is 1.87. The fourth-order valence-corrected chi connectivity index (χ4v) is 11.1. The lowest BCUT2D eigenvalue weighted by atomic mass is 9.33. The summed E-state index contributed by atoms with van der Waals surface area (Å²) >= 11 is 0. The van der Waals surface area contributed by atoms with Gasteiger partial charge >= 0.3 is 5.97 Å². The van der Waals surface area contributed by atoms with E-state index in [1.807, 2.05) is 12.1 Å². The standard InChI is InChI=1S/C36H49NO3/c1-23-26-10-13-35(6)29(33(26,4)21-25(30(23)38)20-24-11-18-37-19-12-24)9-8-27-28-22-32(2,3)14-16-36(28,31(39)40-7)17-15-34(27,35)5/h8-9,11-12,18-20,23,26-29H,10,13-17,21-22H2,1-7H3/b25-20-/t23-,26?,27?,28?,29?,33+,34-,35-,36+/m1/s1. The molecule has 6 rings (SSSR count). The molecule has 4 saturated carbocycles. The van der Waals surface area contributed by atoms with Crippen LogP contribution < -0.4 is 0 Å². The van der Waals surface area contributed by atoms with E-state index in [9.17, 15) is 9.59 Å². The predicted molar refractivity (Wildman–Crippen MR) is 159 cm³/mol. The van der Waals surface area contributed by atoms with Gasteiger partial charge in [-0.25, -0.2) is 0 Å². The third-order valence-corrected chi connectivity index (χ3v) is 13.6. The molecule has 0 amide bonds. The summed E-state index contributed by atoms with van der Waals surface area (Å²) in [6.45, 7) is 14.6. The van der Waals surface area contributed by atoms with Crippen LogP contribution in [0, 0.1) is 56.7 Å². The van der Waals surface area contributed by atoms with Gasteiger partial charge in [0.2, 0.25) is 0 Å². The van der Waals surface area contributed by atoms with E-state index in [1.54, 1.807) is 19.5 Å².